The number of carbonyl (C=O) groups is 1. The average molecular weight is 286 g/mol. The molecule has 0 aliphatic heterocycles. The van der Waals surface area contributed by atoms with Crippen LogP contribution in [0.5, 0.6) is 0 Å². The van der Waals surface area contributed by atoms with E-state index in [1.165, 1.54) is 9.36 Å². The van der Waals surface area contributed by atoms with E-state index in [-0.39, 0.29) is 12.5 Å². The second-order valence-corrected chi connectivity index (χ2v) is 3.95. The van der Waals surface area contributed by atoms with Crippen LogP contribution in [0, 0.1) is 0 Å². The highest BCUT2D eigenvalue weighted by Crippen LogP contribution is 2.06. The third-order valence-corrected chi connectivity index (χ3v) is 2.19. The van der Waals surface area contributed by atoms with Crippen molar-refractivity contribution in [1.82, 2.24) is 30.0 Å². The summed E-state index contributed by atoms with van der Waals surface area (Å²) in [5, 5.41) is 17.1. The predicted molar refractivity (Wildman–Crippen MR) is 57.4 cm³/mol. The summed E-state index contributed by atoms with van der Waals surface area (Å²) < 4.78 is 3.70. The van der Waals surface area contributed by atoms with E-state index in [4.69, 9.17) is 0 Å². The van der Waals surface area contributed by atoms with Gasteiger partial charge in [0.05, 0.1) is 10.7 Å². The van der Waals surface area contributed by atoms with Gasteiger partial charge in [-0.1, -0.05) is 5.10 Å². The number of carbonyl (C=O) groups excluding carboxylic acids is 1. The number of aromatic nitrogens is 6. The maximum absolute atomic E-state index is 11.5. The zero-order chi connectivity index (χ0) is 11.5. The van der Waals surface area contributed by atoms with Gasteiger partial charge >= 0.3 is 0 Å². The minimum Gasteiger partial charge on any atom is -0.292 e. The second kappa shape index (κ2) is 4.39. The molecule has 0 aliphatic carbocycles. The van der Waals surface area contributed by atoms with Crippen molar-refractivity contribution in [1.29, 1.82) is 0 Å². The van der Waals surface area contributed by atoms with Crippen LogP contribution in [0.4, 0.5) is 5.95 Å². The van der Waals surface area contributed by atoms with Crippen molar-refractivity contribution in [3.05, 3.63) is 16.9 Å². The van der Waals surface area contributed by atoms with Crippen LogP contribution < -0.4 is 5.32 Å². The first kappa shape index (κ1) is 10.7. The molecule has 0 saturated carbocycles. The van der Waals surface area contributed by atoms with Crippen molar-refractivity contribution in [3.8, 4) is 0 Å². The third-order valence-electron chi connectivity index (χ3n) is 1.78. The summed E-state index contributed by atoms with van der Waals surface area (Å²) in [6, 6.07) is 0. The maximum atomic E-state index is 11.5. The molecule has 0 bridgehead atoms. The summed E-state index contributed by atoms with van der Waals surface area (Å²) >= 11 is 3.24. The van der Waals surface area contributed by atoms with Crippen molar-refractivity contribution < 1.29 is 4.79 Å². The summed E-state index contributed by atoms with van der Waals surface area (Å²) in [6.07, 6.45) is 3.31. The molecule has 0 saturated heterocycles. The molecule has 2 heterocycles. The first-order valence-electron chi connectivity index (χ1n) is 4.35. The van der Waals surface area contributed by atoms with Crippen LogP contribution in [0.3, 0.4) is 0 Å². The minimum atomic E-state index is -0.242. The number of aryl methyl sites for hydroxylation is 1. The number of halogens is 1. The third kappa shape index (κ3) is 2.42. The van der Waals surface area contributed by atoms with Gasteiger partial charge in [0, 0.05) is 13.2 Å². The Bertz CT molecular complexity index is 504. The monoisotopic (exact) mass is 285 g/mol. The van der Waals surface area contributed by atoms with E-state index in [1.54, 1.807) is 19.4 Å². The molecule has 8 nitrogen and oxygen atoms in total. The van der Waals surface area contributed by atoms with E-state index >= 15 is 0 Å². The lowest BCUT2D eigenvalue weighted by atomic mass is 10.6. The van der Waals surface area contributed by atoms with Gasteiger partial charge in [-0.25, -0.2) is 4.68 Å². The molecule has 0 aromatic carbocycles. The Morgan fingerprint density at radius 1 is 1.62 bits per heavy atom. The SMILES string of the molecule is Cn1nnnc1NC(=O)Cn1cc(Br)cn1. The molecule has 0 spiro atoms. The van der Waals surface area contributed by atoms with Gasteiger partial charge in [-0.2, -0.15) is 5.10 Å². The van der Waals surface area contributed by atoms with Crippen LogP contribution in [-0.2, 0) is 18.4 Å². The van der Waals surface area contributed by atoms with Gasteiger partial charge in [0.2, 0.25) is 11.9 Å². The highest BCUT2D eigenvalue weighted by atomic mass is 79.9. The molecule has 0 unspecified atom stereocenters. The Hall–Kier alpha value is -1.77. The van der Waals surface area contributed by atoms with E-state index < -0.39 is 0 Å². The lowest BCUT2D eigenvalue weighted by Crippen LogP contribution is -2.21. The van der Waals surface area contributed by atoms with Crippen LogP contribution in [-0.4, -0.2) is 35.9 Å². The largest absolute Gasteiger partial charge is 0.292 e. The molecule has 2 aromatic heterocycles. The van der Waals surface area contributed by atoms with Crippen molar-refractivity contribution >= 4 is 27.8 Å². The zero-order valence-corrected chi connectivity index (χ0v) is 9.92. The molecular formula is C7H8BrN7O. The van der Waals surface area contributed by atoms with E-state index in [2.05, 4.69) is 41.9 Å². The van der Waals surface area contributed by atoms with Crippen LogP contribution >= 0.6 is 15.9 Å². The van der Waals surface area contributed by atoms with E-state index in [1.807, 2.05) is 0 Å². The van der Waals surface area contributed by atoms with Crippen molar-refractivity contribution in [2.45, 2.75) is 6.54 Å². The van der Waals surface area contributed by atoms with Crippen molar-refractivity contribution in [2.24, 2.45) is 7.05 Å². The quantitative estimate of drug-likeness (QED) is 0.844. The highest BCUT2D eigenvalue weighted by Gasteiger charge is 2.08. The molecule has 2 rings (SSSR count). The number of nitrogens with zero attached hydrogens (tertiary/aromatic N) is 6. The van der Waals surface area contributed by atoms with Crippen LogP contribution in [0.2, 0.25) is 0 Å². The Morgan fingerprint density at radius 3 is 3.00 bits per heavy atom. The fraction of sp³-hybridized carbons (Fsp3) is 0.286. The summed E-state index contributed by atoms with van der Waals surface area (Å²) in [6.45, 7) is 0.110. The number of nitrogens with one attached hydrogen (secondary N) is 1. The van der Waals surface area contributed by atoms with Crippen LogP contribution in [0.25, 0.3) is 0 Å². The summed E-state index contributed by atoms with van der Waals surface area (Å²) in [5.74, 6) is 0.0599. The molecule has 9 heteroatoms. The molecule has 1 amide bonds. The highest BCUT2D eigenvalue weighted by molar-refractivity contribution is 9.10. The van der Waals surface area contributed by atoms with Gasteiger partial charge in [0.15, 0.2) is 0 Å². The first-order valence-corrected chi connectivity index (χ1v) is 5.14. The fourth-order valence-corrected chi connectivity index (χ4v) is 1.40. The Labute approximate surface area is 98.8 Å². The van der Waals surface area contributed by atoms with Gasteiger partial charge < -0.3 is 0 Å². The van der Waals surface area contributed by atoms with Gasteiger partial charge in [0.25, 0.3) is 0 Å². The molecule has 84 valence electrons. The molecule has 16 heavy (non-hydrogen) atoms. The van der Waals surface area contributed by atoms with Gasteiger partial charge in [-0.3, -0.25) is 14.8 Å². The minimum absolute atomic E-state index is 0.110. The summed E-state index contributed by atoms with van der Waals surface area (Å²) in [4.78, 5) is 11.5. The van der Waals surface area contributed by atoms with E-state index in [0.717, 1.165) is 4.47 Å². The van der Waals surface area contributed by atoms with Gasteiger partial charge in [-0.05, 0) is 26.4 Å². The van der Waals surface area contributed by atoms with E-state index in [9.17, 15) is 4.79 Å². The molecule has 0 atom stereocenters. The molecule has 0 aliphatic rings. The van der Waals surface area contributed by atoms with Crippen molar-refractivity contribution in [2.75, 3.05) is 5.32 Å². The summed E-state index contributed by atoms with van der Waals surface area (Å²) in [7, 11) is 1.64. The van der Waals surface area contributed by atoms with Crippen molar-refractivity contribution in [3.63, 3.8) is 0 Å². The Kier molecular flexibility index (Phi) is 2.95. The normalized spacial score (nSPS) is 10.4. The number of hydrogen-bond acceptors (Lipinski definition) is 5. The number of tetrazole rings is 1. The topological polar surface area (TPSA) is 90.5 Å². The Morgan fingerprint density at radius 2 is 2.44 bits per heavy atom. The lowest BCUT2D eigenvalue weighted by molar-refractivity contribution is -0.117. The smallest absolute Gasteiger partial charge is 0.249 e. The molecule has 2 aromatic rings. The van der Waals surface area contributed by atoms with E-state index in [0.29, 0.717) is 5.95 Å². The second-order valence-electron chi connectivity index (χ2n) is 3.03. The number of rotatable bonds is 3. The Balaban J connectivity index is 1.97. The lowest BCUT2D eigenvalue weighted by Gasteiger charge is -2.02. The first-order chi connectivity index (χ1) is 7.65. The van der Waals surface area contributed by atoms with Gasteiger partial charge in [-0.15, -0.1) is 0 Å². The average Bonchev–Trinajstić information content (AvgIpc) is 2.77. The molecule has 0 fully saturated rings. The number of anilines is 1. The van der Waals surface area contributed by atoms with Crippen LogP contribution in [0.1, 0.15) is 0 Å². The zero-order valence-electron chi connectivity index (χ0n) is 8.33. The summed E-state index contributed by atoms with van der Waals surface area (Å²) in [5.41, 5.74) is 0. The number of amides is 1. The maximum Gasteiger partial charge on any atom is 0.249 e. The fourth-order valence-electron chi connectivity index (χ4n) is 1.07. The van der Waals surface area contributed by atoms with Crippen LogP contribution in [0.15, 0.2) is 16.9 Å². The predicted octanol–water partition coefficient (Wildman–Crippen LogP) is -0.192. The molecule has 0 radical (unpaired) electrons. The number of hydrogen-bond donors (Lipinski definition) is 1. The van der Waals surface area contributed by atoms with Gasteiger partial charge in [0.1, 0.15) is 6.54 Å². The standard InChI is InChI=1S/C7H8BrN7O/c1-14-7(11-12-13-14)10-6(16)4-15-3-5(8)2-9-15/h2-3H,4H2,1H3,(H,10,11,13,16). The molecule has 1 N–H and O–H groups in total. The molecular weight excluding hydrogens is 278 g/mol.